The molecule has 0 spiro atoms. The van der Waals surface area contributed by atoms with Crippen molar-refractivity contribution in [3.05, 3.63) is 33.2 Å². The maximum Gasteiger partial charge on any atom is 0.271 e. The highest BCUT2D eigenvalue weighted by Gasteiger charge is 2.17. The molecule has 1 unspecified atom stereocenters. The van der Waals surface area contributed by atoms with E-state index in [1.165, 1.54) is 21.9 Å². The summed E-state index contributed by atoms with van der Waals surface area (Å²) in [4.78, 5) is 29.5. The van der Waals surface area contributed by atoms with Crippen molar-refractivity contribution in [3.8, 4) is 0 Å². The van der Waals surface area contributed by atoms with Gasteiger partial charge in [0.15, 0.2) is 4.96 Å². The fraction of sp³-hybridized carbons (Fsp3) is 0.562. The molecule has 0 aliphatic carbocycles. The van der Waals surface area contributed by atoms with Gasteiger partial charge in [0.2, 0.25) is 0 Å². The number of fused-ring (bicyclic) bond motifs is 1. The van der Waals surface area contributed by atoms with Crippen molar-refractivity contribution in [2.45, 2.75) is 33.6 Å². The molecule has 7 heteroatoms. The second-order valence-corrected chi connectivity index (χ2v) is 7.03. The summed E-state index contributed by atoms with van der Waals surface area (Å²) in [5.74, 6) is 0.279. The number of nitrogens with zero attached hydrogens (tertiary/aromatic N) is 2. The molecule has 1 atom stereocenters. The molecular weight excluding hydrogens is 314 g/mol. The van der Waals surface area contributed by atoms with Crippen molar-refractivity contribution in [1.29, 1.82) is 0 Å². The van der Waals surface area contributed by atoms with Gasteiger partial charge in [-0.1, -0.05) is 13.8 Å². The zero-order valence-electron chi connectivity index (χ0n) is 13.7. The topological polar surface area (TPSA) is 83.7 Å². The van der Waals surface area contributed by atoms with Crippen LogP contribution in [-0.4, -0.2) is 33.6 Å². The summed E-state index contributed by atoms with van der Waals surface area (Å²) >= 11 is 1.37. The maximum absolute atomic E-state index is 12.4. The molecule has 0 fully saturated rings. The molecule has 2 N–H and O–H groups in total. The van der Waals surface area contributed by atoms with Crippen LogP contribution in [0.5, 0.6) is 0 Å². The van der Waals surface area contributed by atoms with Crippen molar-refractivity contribution in [1.82, 2.24) is 14.7 Å². The molecule has 2 rings (SSSR count). The van der Waals surface area contributed by atoms with Crippen LogP contribution in [0.4, 0.5) is 0 Å². The Kier molecular flexibility index (Phi) is 5.90. The molecule has 6 nitrogen and oxygen atoms in total. The number of hydrogen-bond acceptors (Lipinski definition) is 5. The van der Waals surface area contributed by atoms with E-state index >= 15 is 0 Å². The summed E-state index contributed by atoms with van der Waals surface area (Å²) in [7, 11) is 0. The fourth-order valence-corrected chi connectivity index (χ4v) is 3.49. The molecule has 126 valence electrons. The Balaban J connectivity index is 2.13. The number of carbonyl (C=O) groups excluding carboxylic acids is 1. The molecule has 2 heterocycles. The quantitative estimate of drug-likeness (QED) is 0.807. The predicted molar refractivity (Wildman–Crippen MR) is 91.1 cm³/mol. The van der Waals surface area contributed by atoms with E-state index in [1.54, 1.807) is 0 Å². The number of carbonyl (C=O) groups is 1. The van der Waals surface area contributed by atoms with Gasteiger partial charge in [0.1, 0.15) is 5.56 Å². The third kappa shape index (κ3) is 4.17. The third-order valence-corrected chi connectivity index (χ3v) is 4.71. The molecule has 0 radical (unpaired) electrons. The van der Waals surface area contributed by atoms with Gasteiger partial charge in [-0.3, -0.25) is 14.0 Å². The Labute approximate surface area is 139 Å². The van der Waals surface area contributed by atoms with Gasteiger partial charge in [0.25, 0.3) is 11.5 Å². The number of rotatable bonds is 7. The standard InChI is InChI=1S/C16H23N3O3S/c1-10(2)6-12(4-5-20)7-17-14(21)13-8-18-16-19(15(13)22)11(3)9-23-16/h8-10,12,20H,4-7H2,1-3H3,(H,17,21). The smallest absolute Gasteiger partial charge is 0.271 e. The van der Waals surface area contributed by atoms with Crippen LogP contribution in [0.15, 0.2) is 16.4 Å². The lowest BCUT2D eigenvalue weighted by Crippen LogP contribution is -2.35. The highest BCUT2D eigenvalue weighted by Crippen LogP contribution is 2.14. The van der Waals surface area contributed by atoms with E-state index in [0.29, 0.717) is 23.8 Å². The van der Waals surface area contributed by atoms with Crippen LogP contribution in [0, 0.1) is 18.8 Å². The van der Waals surface area contributed by atoms with Gasteiger partial charge in [0, 0.05) is 30.4 Å². The summed E-state index contributed by atoms with van der Waals surface area (Å²) in [6.45, 7) is 6.57. The zero-order valence-corrected chi connectivity index (χ0v) is 14.5. The molecule has 2 aromatic rings. The van der Waals surface area contributed by atoms with E-state index in [4.69, 9.17) is 5.11 Å². The minimum Gasteiger partial charge on any atom is -0.396 e. The maximum atomic E-state index is 12.4. The lowest BCUT2D eigenvalue weighted by atomic mass is 9.94. The average molecular weight is 337 g/mol. The Hall–Kier alpha value is -1.73. The Morgan fingerprint density at radius 1 is 1.48 bits per heavy atom. The fourth-order valence-electron chi connectivity index (χ4n) is 2.67. The van der Waals surface area contributed by atoms with Crippen LogP contribution in [0.1, 0.15) is 42.7 Å². The summed E-state index contributed by atoms with van der Waals surface area (Å²) in [6, 6.07) is 0. The summed E-state index contributed by atoms with van der Waals surface area (Å²) in [5, 5.41) is 13.8. The summed E-state index contributed by atoms with van der Waals surface area (Å²) < 4.78 is 1.46. The van der Waals surface area contributed by atoms with Crippen molar-refractivity contribution in [2.75, 3.05) is 13.2 Å². The normalized spacial score (nSPS) is 12.7. The van der Waals surface area contributed by atoms with E-state index < -0.39 is 5.91 Å². The van der Waals surface area contributed by atoms with Crippen LogP contribution in [0.2, 0.25) is 0 Å². The van der Waals surface area contributed by atoms with Crippen LogP contribution in [0.3, 0.4) is 0 Å². The number of aromatic nitrogens is 2. The number of aliphatic hydroxyl groups excluding tert-OH is 1. The number of amides is 1. The molecule has 0 saturated heterocycles. The minimum atomic E-state index is -0.408. The average Bonchev–Trinajstić information content (AvgIpc) is 2.87. The first-order valence-corrected chi connectivity index (χ1v) is 8.67. The second kappa shape index (κ2) is 7.70. The summed E-state index contributed by atoms with van der Waals surface area (Å²) in [5.41, 5.74) is 0.486. The lowest BCUT2D eigenvalue weighted by molar-refractivity contribution is 0.0939. The minimum absolute atomic E-state index is 0.0521. The Morgan fingerprint density at radius 3 is 2.87 bits per heavy atom. The van der Waals surface area contributed by atoms with Crippen molar-refractivity contribution in [3.63, 3.8) is 0 Å². The molecule has 23 heavy (non-hydrogen) atoms. The van der Waals surface area contributed by atoms with Crippen LogP contribution in [-0.2, 0) is 0 Å². The van der Waals surface area contributed by atoms with Gasteiger partial charge < -0.3 is 10.4 Å². The first-order valence-electron chi connectivity index (χ1n) is 7.79. The lowest BCUT2D eigenvalue weighted by Gasteiger charge is -2.18. The first-order chi connectivity index (χ1) is 10.9. The van der Waals surface area contributed by atoms with E-state index in [0.717, 1.165) is 12.1 Å². The molecule has 0 bridgehead atoms. The van der Waals surface area contributed by atoms with Gasteiger partial charge >= 0.3 is 0 Å². The molecule has 0 aliphatic heterocycles. The summed E-state index contributed by atoms with van der Waals surface area (Å²) in [6.07, 6.45) is 2.89. The third-order valence-electron chi connectivity index (χ3n) is 3.75. The second-order valence-electron chi connectivity index (χ2n) is 6.19. The molecule has 0 aliphatic rings. The van der Waals surface area contributed by atoms with Gasteiger partial charge in [-0.2, -0.15) is 0 Å². The van der Waals surface area contributed by atoms with Gasteiger partial charge in [-0.25, -0.2) is 4.98 Å². The number of aryl methyl sites for hydroxylation is 1. The number of hydrogen-bond donors (Lipinski definition) is 2. The molecule has 0 aromatic carbocycles. The van der Waals surface area contributed by atoms with Crippen molar-refractivity contribution >= 4 is 22.2 Å². The number of nitrogens with one attached hydrogen (secondary N) is 1. The SMILES string of the molecule is Cc1csc2ncc(C(=O)NCC(CCO)CC(C)C)c(=O)n12. The Morgan fingerprint density at radius 2 is 2.22 bits per heavy atom. The van der Waals surface area contributed by atoms with Gasteiger partial charge in [-0.05, 0) is 31.6 Å². The van der Waals surface area contributed by atoms with E-state index in [9.17, 15) is 9.59 Å². The Bertz CT molecular complexity index is 736. The monoisotopic (exact) mass is 337 g/mol. The predicted octanol–water partition coefficient (Wildman–Crippen LogP) is 1.84. The number of thiazole rings is 1. The largest absolute Gasteiger partial charge is 0.396 e. The number of aliphatic hydroxyl groups is 1. The zero-order chi connectivity index (χ0) is 17.0. The van der Waals surface area contributed by atoms with Crippen LogP contribution < -0.4 is 10.9 Å². The van der Waals surface area contributed by atoms with E-state index in [2.05, 4.69) is 24.1 Å². The highest BCUT2D eigenvalue weighted by molar-refractivity contribution is 7.15. The van der Waals surface area contributed by atoms with Crippen molar-refractivity contribution in [2.24, 2.45) is 11.8 Å². The van der Waals surface area contributed by atoms with Crippen LogP contribution in [0.25, 0.3) is 4.96 Å². The first kappa shape index (κ1) is 17.6. The van der Waals surface area contributed by atoms with Crippen LogP contribution >= 0.6 is 11.3 Å². The highest BCUT2D eigenvalue weighted by atomic mass is 32.1. The molecule has 2 aromatic heterocycles. The van der Waals surface area contributed by atoms with Crippen molar-refractivity contribution < 1.29 is 9.90 Å². The molecule has 0 saturated carbocycles. The van der Waals surface area contributed by atoms with E-state index in [1.807, 2.05) is 12.3 Å². The molecule has 1 amide bonds. The van der Waals surface area contributed by atoms with Gasteiger partial charge in [0.05, 0.1) is 0 Å². The van der Waals surface area contributed by atoms with E-state index in [-0.39, 0.29) is 23.6 Å². The van der Waals surface area contributed by atoms with Gasteiger partial charge in [-0.15, -0.1) is 11.3 Å². The molecular formula is C16H23N3O3S.